The Morgan fingerprint density at radius 1 is 0.459 bits per heavy atom. The number of unbranched alkanes of at least 4 members (excludes halogenated alkanes) is 23. The van der Waals surface area contributed by atoms with E-state index in [2.05, 4.69) is 42.3 Å². The molecule has 0 aromatic carbocycles. The molecule has 0 saturated heterocycles. The fraction of sp³-hybridized carbons (Fsp3) is 0.914. The van der Waals surface area contributed by atoms with Crippen LogP contribution in [0.1, 0.15) is 194 Å². The molecule has 1 aromatic heterocycles. The minimum Gasteiger partial charge on any atom is -0.234 e. The van der Waals surface area contributed by atoms with Crippen LogP contribution >= 0.6 is 0 Å². The van der Waals surface area contributed by atoms with E-state index in [0.29, 0.717) is 0 Å². The highest BCUT2D eigenvalue weighted by molar-refractivity contribution is 4.84. The van der Waals surface area contributed by atoms with Crippen LogP contribution in [0.15, 0.2) is 12.4 Å². The molecule has 0 spiro atoms. The lowest BCUT2D eigenvalue weighted by molar-refractivity contribution is -0.704. The highest BCUT2D eigenvalue weighted by Gasteiger charge is 2.16. The summed E-state index contributed by atoms with van der Waals surface area (Å²) in [6.45, 7) is 9.39. The molecule has 37 heavy (non-hydrogen) atoms. The maximum absolute atomic E-state index is 2.62. The van der Waals surface area contributed by atoms with E-state index >= 15 is 0 Å². The second kappa shape index (κ2) is 26.8. The van der Waals surface area contributed by atoms with Gasteiger partial charge in [-0.3, -0.25) is 0 Å². The van der Waals surface area contributed by atoms with Crippen molar-refractivity contribution in [3.8, 4) is 0 Å². The smallest absolute Gasteiger partial charge is 0.234 e. The summed E-state index contributed by atoms with van der Waals surface area (Å²) in [6, 6.07) is 0. The lowest BCUT2D eigenvalue weighted by Gasteiger charge is -2.07. The van der Waals surface area contributed by atoms with E-state index in [1.807, 2.05) is 0 Å². The van der Waals surface area contributed by atoms with Crippen molar-refractivity contribution < 1.29 is 4.57 Å². The molecular formula is C35H69N2+. The molecule has 1 rings (SSSR count). The normalized spacial score (nSPS) is 11.5. The van der Waals surface area contributed by atoms with Gasteiger partial charge in [-0.05, 0) is 32.1 Å². The van der Waals surface area contributed by atoms with Crippen molar-refractivity contribution in [3.05, 3.63) is 18.2 Å². The highest BCUT2D eigenvalue weighted by Crippen LogP contribution is 2.14. The van der Waals surface area contributed by atoms with Gasteiger partial charge >= 0.3 is 0 Å². The fourth-order valence-electron chi connectivity index (χ4n) is 5.80. The summed E-state index contributed by atoms with van der Waals surface area (Å²) in [6.07, 6.45) is 42.9. The van der Waals surface area contributed by atoms with Crippen LogP contribution in [0.4, 0.5) is 0 Å². The van der Waals surface area contributed by atoms with Crippen molar-refractivity contribution >= 4 is 0 Å². The van der Waals surface area contributed by atoms with E-state index in [-0.39, 0.29) is 0 Å². The van der Waals surface area contributed by atoms with Gasteiger partial charge in [0.2, 0.25) is 0 Å². The van der Waals surface area contributed by atoms with Crippen LogP contribution in [0.3, 0.4) is 0 Å². The van der Waals surface area contributed by atoms with Crippen LogP contribution in [-0.2, 0) is 19.5 Å². The van der Waals surface area contributed by atoms with Gasteiger partial charge < -0.3 is 0 Å². The van der Waals surface area contributed by atoms with Crippen molar-refractivity contribution in [1.82, 2.24) is 4.57 Å². The van der Waals surface area contributed by atoms with Gasteiger partial charge in [-0.25, -0.2) is 9.13 Å². The van der Waals surface area contributed by atoms with Crippen molar-refractivity contribution in [2.24, 2.45) is 0 Å². The van der Waals surface area contributed by atoms with Gasteiger partial charge in [0, 0.05) is 6.42 Å². The van der Waals surface area contributed by atoms with E-state index in [4.69, 9.17) is 0 Å². The summed E-state index contributed by atoms with van der Waals surface area (Å²) in [5, 5.41) is 0. The monoisotopic (exact) mass is 518 g/mol. The molecule has 0 atom stereocenters. The topological polar surface area (TPSA) is 8.81 Å². The predicted molar refractivity (Wildman–Crippen MR) is 165 cm³/mol. The number of aryl methyl sites for hydroxylation is 2. The van der Waals surface area contributed by atoms with Gasteiger partial charge in [0.25, 0.3) is 5.82 Å². The number of hydrogen-bond acceptors (Lipinski definition) is 0. The van der Waals surface area contributed by atoms with Gasteiger partial charge in [0.15, 0.2) is 0 Å². The Hall–Kier alpha value is -0.790. The molecular weight excluding hydrogens is 448 g/mol. The SMILES string of the molecule is CCCCCCCCCCCCCn1cc[n+](CCCCCCC)c1CCCCCCCCCCCC. The van der Waals surface area contributed by atoms with E-state index in [1.165, 1.54) is 186 Å². The first-order valence-corrected chi connectivity index (χ1v) is 17.4. The summed E-state index contributed by atoms with van der Waals surface area (Å²) in [7, 11) is 0. The predicted octanol–water partition coefficient (Wildman–Crippen LogP) is 11.5. The van der Waals surface area contributed by atoms with Crippen LogP contribution in [0.25, 0.3) is 0 Å². The van der Waals surface area contributed by atoms with Gasteiger partial charge in [-0.1, -0.05) is 156 Å². The molecule has 218 valence electrons. The van der Waals surface area contributed by atoms with Crippen LogP contribution in [0, 0.1) is 0 Å². The van der Waals surface area contributed by atoms with Crippen molar-refractivity contribution in [2.45, 2.75) is 207 Å². The molecule has 1 heterocycles. The molecule has 0 saturated carbocycles. The van der Waals surface area contributed by atoms with Crippen LogP contribution in [0.5, 0.6) is 0 Å². The second-order valence-electron chi connectivity index (χ2n) is 12.0. The molecule has 0 fully saturated rings. The van der Waals surface area contributed by atoms with E-state index in [9.17, 15) is 0 Å². The van der Waals surface area contributed by atoms with Crippen LogP contribution < -0.4 is 4.57 Å². The molecule has 0 aliphatic heterocycles. The molecule has 0 aliphatic carbocycles. The Morgan fingerprint density at radius 3 is 1.30 bits per heavy atom. The number of rotatable bonds is 29. The molecule has 2 heteroatoms. The molecule has 0 bridgehead atoms. The Bertz CT molecular complexity index is 576. The zero-order valence-electron chi connectivity index (χ0n) is 26.1. The zero-order chi connectivity index (χ0) is 26.7. The second-order valence-corrected chi connectivity index (χ2v) is 12.0. The molecule has 0 radical (unpaired) electrons. The van der Waals surface area contributed by atoms with Gasteiger partial charge in [0.1, 0.15) is 12.4 Å². The maximum Gasteiger partial charge on any atom is 0.256 e. The first kappa shape index (κ1) is 34.2. The van der Waals surface area contributed by atoms with Gasteiger partial charge in [-0.2, -0.15) is 0 Å². The fourth-order valence-corrected chi connectivity index (χ4v) is 5.80. The van der Waals surface area contributed by atoms with E-state index in [0.717, 1.165) is 0 Å². The number of imidazole rings is 1. The third kappa shape index (κ3) is 19.9. The average molecular weight is 518 g/mol. The third-order valence-electron chi connectivity index (χ3n) is 8.35. The first-order valence-electron chi connectivity index (χ1n) is 17.4. The van der Waals surface area contributed by atoms with Gasteiger partial charge in [0.05, 0.1) is 13.1 Å². The number of hydrogen-bond donors (Lipinski definition) is 0. The third-order valence-corrected chi connectivity index (χ3v) is 8.35. The first-order chi connectivity index (χ1) is 18.3. The van der Waals surface area contributed by atoms with E-state index in [1.54, 1.807) is 5.82 Å². The number of aromatic nitrogens is 2. The largest absolute Gasteiger partial charge is 0.256 e. The average Bonchev–Trinajstić information content (AvgIpc) is 3.29. The lowest BCUT2D eigenvalue weighted by atomic mass is 10.1. The molecule has 0 N–H and O–H groups in total. The number of nitrogens with zero attached hydrogens (tertiary/aromatic N) is 2. The lowest BCUT2D eigenvalue weighted by Crippen LogP contribution is -2.37. The highest BCUT2D eigenvalue weighted by atomic mass is 15.1. The van der Waals surface area contributed by atoms with Crippen molar-refractivity contribution in [3.63, 3.8) is 0 Å². The minimum absolute atomic E-state index is 1.22. The quantitative estimate of drug-likeness (QED) is 0.0737. The molecule has 0 aliphatic rings. The van der Waals surface area contributed by atoms with Crippen LogP contribution in [-0.4, -0.2) is 4.57 Å². The van der Waals surface area contributed by atoms with Crippen LogP contribution in [0.2, 0.25) is 0 Å². The molecule has 0 amide bonds. The Kier molecular flexibility index (Phi) is 24.8. The summed E-state index contributed by atoms with van der Waals surface area (Å²) >= 11 is 0. The zero-order valence-corrected chi connectivity index (χ0v) is 26.1. The molecule has 1 aromatic rings. The summed E-state index contributed by atoms with van der Waals surface area (Å²) < 4.78 is 5.23. The Balaban J connectivity index is 2.29. The van der Waals surface area contributed by atoms with Gasteiger partial charge in [-0.15, -0.1) is 0 Å². The van der Waals surface area contributed by atoms with Crippen molar-refractivity contribution in [2.75, 3.05) is 0 Å². The molecule has 2 nitrogen and oxygen atoms in total. The minimum atomic E-state index is 1.22. The molecule has 0 unspecified atom stereocenters. The Labute approximate surface area is 234 Å². The standard InChI is InChI=1S/C35H69N2/c1-4-7-10-13-15-17-19-21-23-26-29-32-37-34-33-36(31-28-25-12-9-6-3)35(37)30-27-24-22-20-18-16-14-11-8-5-2/h33-34H,4-32H2,1-3H3/q+1. The summed E-state index contributed by atoms with van der Waals surface area (Å²) in [4.78, 5) is 0. The van der Waals surface area contributed by atoms with E-state index < -0.39 is 0 Å². The van der Waals surface area contributed by atoms with Crippen molar-refractivity contribution in [1.29, 1.82) is 0 Å². The summed E-state index contributed by atoms with van der Waals surface area (Å²) in [5.41, 5.74) is 0. The Morgan fingerprint density at radius 2 is 0.838 bits per heavy atom. The summed E-state index contributed by atoms with van der Waals surface area (Å²) in [5.74, 6) is 1.61. The maximum atomic E-state index is 2.62.